The van der Waals surface area contributed by atoms with Crippen LogP contribution in [0.3, 0.4) is 0 Å². The molecule has 0 aliphatic heterocycles. The van der Waals surface area contributed by atoms with E-state index in [-0.39, 0.29) is 18.0 Å². The van der Waals surface area contributed by atoms with Gasteiger partial charge in [0.1, 0.15) is 24.1 Å². The summed E-state index contributed by atoms with van der Waals surface area (Å²) < 4.78 is 26.6. The third kappa shape index (κ3) is 6.08. The Hall–Kier alpha value is -2.90. The van der Waals surface area contributed by atoms with Crippen molar-refractivity contribution >= 4 is 56.2 Å². The van der Waals surface area contributed by atoms with Crippen molar-refractivity contribution < 1.29 is 18.7 Å². The molecule has 5 nitrogen and oxygen atoms in total. The summed E-state index contributed by atoms with van der Waals surface area (Å²) in [4.78, 5) is 12.5. The number of rotatable bonds is 7. The third-order valence-electron chi connectivity index (χ3n) is 4.36. The summed E-state index contributed by atoms with van der Waals surface area (Å²) in [7, 11) is 1.47. The number of nitriles is 1. The van der Waals surface area contributed by atoms with Gasteiger partial charge in [0.05, 0.1) is 11.6 Å². The van der Waals surface area contributed by atoms with E-state index in [1.54, 1.807) is 42.5 Å². The lowest BCUT2D eigenvalue weighted by molar-refractivity contribution is -0.112. The fourth-order valence-electron chi connectivity index (χ4n) is 2.78. The van der Waals surface area contributed by atoms with E-state index in [4.69, 9.17) is 9.47 Å². The van der Waals surface area contributed by atoms with E-state index >= 15 is 0 Å². The van der Waals surface area contributed by atoms with Crippen molar-refractivity contribution in [3.63, 3.8) is 0 Å². The highest BCUT2D eigenvalue weighted by atomic mass is 127. The largest absolute Gasteiger partial charge is 0.493 e. The number of hydrogen-bond acceptors (Lipinski definition) is 4. The number of nitrogens with zero attached hydrogens (tertiary/aromatic N) is 1. The first kappa shape index (κ1) is 23.8. The van der Waals surface area contributed by atoms with Gasteiger partial charge in [0, 0.05) is 14.8 Å². The summed E-state index contributed by atoms with van der Waals surface area (Å²) in [5, 5.41) is 12.2. The maximum Gasteiger partial charge on any atom is 0.266 e. The van der Waals surface area contributed by atoms with E-state index in [0.29, 0.717) is 32.8 Å². The predicted molar refractivity (Wildman–Crippen MR) is 133 cm³/mol. The molecule has 0 heterocycles. The zero-order chi connectivity index (χ0) is 23.1. The molecule has 32 heavy (non-hydrogen) atoms. The third-order valence-corrected chi connectivity index (χ3v) is 5.67. The minimum atomic E-state index is -0.524. The van der Waals surface area contributed by atoms with Gasteiger partial charge in [-0.25, -0.2) is 4.39 Å². The van der Waals surface area contributed by atoms with Crippen molar-refractivity contribution in [1.29, 1.82) is 5.26 Å². The molecule has 0 aromatic heterocycles. The smallest absolute Gasteiger partial charge is 0.266 e. The zero-order valence-corrected chi connectivity index (χ0v) is 20.6. The Kier molecular flexibility index (Phi) is 8.25. The van der Waals surface area contributed by atoms with Crippen LogP contribution in [0.5, 0.6) is 11.5 Å². The number of benzene rings is 3. The summed E-state index contributed by atoms with van der Waals surface area (Å²) in [5.41, 5.74) is 1.48. The molecule has 1 N–H and O–H groups in total. The molecule has 0 aliphatic carbocycles. The highest BCUT2D eigenvalue weighted by molar-refractivity contribution is 14.1. The second-order valence-corrected chi connectivity index (χ2v) is 8.64. The van der Waals surface area contributed by atoms with Gasteiger partial charge in [-0.2, -0.15) is 5.26 Å². The average molecular weight is 607 g/mol. The van der Waals surface area contributed by atoms with E-state index in [0.717, 1.165) is 3.57 Å². The molecule has 8 heteroatoms. The molecule has 0 unspecified atom stereocenters. The Morgan fingerprint density at radius 2 is 1.94 bits per heavy atom. The van der Waals surface area contributed by atoms with Gasteiger partial charge in [0.2, 0.25) is 0 Å². The SMILES string of the molecule is COc1cc(/C=C(\C#N)C(=O)Nc2ccc(I)cc2)cc(Br)c1OCc1ccccc1F. The fourth-order valence-corrected chi connectivity index (χ4v) is 3.71. The minimum absolute atomic E-state index is 0.0126. The first-order chi connectivity index (χ1) is 15.4. The Balaban J connectivity index is 1.82. The number of amides is 1. The van der Waals surface area contributed by atoms with E-state index in [1.807, 2.05) is 18.2 Å². The van der Waals surface area contributed by atoms with Crippen LogP contribution >= 0.6 is 38.5 Å². The molecule has 0 aliphatic rings. The number of methoxy groups -OCH3 is 1. The summed E-state index contributed by atoms with van der Waals surface area (Å²) in [6.45, 7) is 0.0126. The average Bonchev–Trinajstić information content (AvgIpc) is 2.78. The molecule has 162 valence electrons. The highest BCUT2D eigenvalue weighted by Gasteiger charge is 2.15. The summed E-state index contributed by atoms with van der Waals surface area (Å²) in [6, 6.07) is 18.8. The van der Waals surface area contributed by atoms with Gasteiger partial charge in [-0.3, -0.25) is 4.79 Å². The van der Waals surface area contributed by atoms with E-state index in [2.05, 4.69) is 43.8 Å². The molecule has 0 saturated heterocycles. The maximum absolute atomic E-state index is 13.9. The molecule has 1 amide bonds. The van der Waals surface area contributed by atoms with Gasteiger partial charge < -0.3 is 14.8 Å². The van der Waals surface area contributed by atoms with Gasteiger partial charge >= 0.3 is 0 Å². The summed E-state index contributed by atoms with van der Waals surface area (Å²) >= 11 is 5.60. The second-order valence-electron chi connectivity index (χ2n) is 6.55. The lowest BCUT2D eigenvalue weighted by Crippen LogP contribution is -2.13. The van der Waals surface area contributed by atoms with E-state index in [1.165, 1.54) is 19.3 Å². The lowest BCUT2D eigenvalue weighted by Gasteiger charge is -2.14. The summed E-state index contributed by atoms with van der Waals surface area (Å²) in [6.07, 6.45) is 1.45. The van der Waals surface area contributed by atoms with Crippen LogP contribution in [0.2, 0.25) is 0 Å². The molecular formula is C24H17BrFIN2O3. The Bertz CT molecular complexity index is 1210. The standard InChI is InChI=1S/C24H17BrFIN2O3/c1-31-22-12-15(10-17(13-28)24(30)29-19-8-6-18(27)7-9-19)11-20(25)23(22)32-14-16-4-2-3-5-21(16)26/h2-12H,14H2,1H3,(H,29,30)/b17-10+. The van der Waals surface area contributed by atoms with Gasteiger partial charge in [0.25, 0.3) is 5.91 Å². The number of carbonyl (C=O) groups is 1. The Labute approximate surface area is 207 Å². The van der Waals surface area contributed by atoms with Crippen LogP contribution in [0.25, 0.3) is 6.08 Å². The van der Waals surface area contributed by atoms with Crippen molar-refractivity contribution in [1.82, 2.24) is 0 Å². The minimum Gasteiger partial charge on any atom is -0.493 e. The molecule has 3 aromatic carbocycles. The second kappa shape index (κ2) is 11.1. The number of nitrogens with one attached hydrogen (secondary N) is 1. The number of carbonyl (C=O) groups excluding carboxylic acids is 1. The van der Waals surface area contributed by atoms with Crippen LogP contribution in [0.15, 0.2) is 70.7 Å². The number of anilines is 1. The topological polar surface area (TPSA) is 71.3 Å². The van der Waals surface area contributed by atoms with Crippen molar-refractivity contribution in [3.8, 4) is 17.6 Å². The van der Waals surface area contributed by atoms with E-state index in [9.17, 15) is 14.4 Å². The van der Waals surface area contributed by atoms with Crippen LogP contribution in [-0.2, 0) is 11.4 Å². The first-order valence-electron chi connectivity index (χ1n) is 9.33. The Morgan fingerprint density at radius 1 is 1.22 bits per heavy atom. The molecule has 0 atom stereocenters. The van der Waals surface area contributed by atoms with Crippen molar-refractivity contribution in [2.45, 2.75) is 6.61 Å². The molecule has 0 saturated carbocycles. The van der Waals surface area contributed by atoms with Crippen molar-refractivity contribution in [3.05, 3.63) is 91.2 Å². The number of halogens is 3. The van der Waals surface area contributed by atoms with Crippen LogP contribution in [0.4, 0.5) is 10.1 Å². The molecule has 3 rings (SSSR count). The van der Waals surface area contributed by atoms with Gasteiger partial charge in [0.15, 0.2) is 11.5 Å². The number of hydrogen-bond donors (Lipinski definition) is 1. The lowest BCUT2D eigenvalue weighted by atomic mass is 10.1. The van der Waals surface area contributed by atoms with Crippen molar-refractivity contribution in [2.75, 3.05) is 12.4 Å². The molecular weight excluding hydrogens is 590 g/mol. The predicted octanol–water partition coefficient (Wildman–Crippen LogP) is 6.33. The maximum atomic E-state index is 13.9. The van der Waals surface area contributed by atoms with Crippen molar-refractivity contribution in [2.24, 2.45) is 0 Å². The van der Waals surface area contributed by atoms with Gasteiger partial charge in [-0.15, -0.1) is 0 Å². The first-order valence-corrected chi connectivity index (χ1v) is 11.2. The quantitative estimate of drug-likeness (QED) is 0.194. The Morgan fingerprint density at radius 3 is 2.59 bits per heavy atom. The van der Waals surface area contributed by atoms with Gasteiger partial charge in [-0.1, -0.05) is 18.2 Å². The van der Waals surface area contributed by atoms with Gasteiger partial charge in [-0.05, 0) is 92.6 Å². The van der Waals surface area contributed by atoms with Crippen LogP contribution in [0.1, 0.15) is 11.1 Å². The normalized spacial score (nSPS) is 10.9. The highest BCUT2D eigenvalue weighted by Crippen LogP contribution is 2.38. The molecule has 0 fully saturated rings. The molecule has 0 radical (unpaired) electrons. The summed E-state index contributed by atoms with van der Waals surface area (Å²) in [5.74, 6) is -0.129. The van der Waals surface area contributed by atoms with Crippen LogP contribution < -0.4 is 14.8 Å². The van der Waals surface area contributed by atoms with Crippen LogP contribution in [0, 0.1) is 20.7 Å². The molecule has 3 aromatic rings. The van der Waals surface area contributed by atoms with E-state index < -0.39 is 5.91 Å². The number of ether oxygens (including phenoxy) is 2. The zero-order valence-electron chi connectivity index (χ0n) is 16.9. The monoisotopic (exact) mass is 606 g/mol. The van der Waals surface area contributed by atoms with Crippen LogP contribution in [-0.4, -0.2) is 13.0 Å². The fraction of sp³-hybridized carbons (Fsp3) is 0.0833. The molecule has 0 bridgehead atoms. The molecule has 0 spiro atoms.